The minimum Gasteiger partial charge on any atom is -0.307 e. The molecule has 2 aromatic heterocycles. The third-order valence-electron chi connectivity index (χ3n) is 10.4. The molecule has 5 nitrogen and oxygen atoms in total. The molecule has 0 saturated heterocycles. The summed E-state index contributed by atoms with van der Waals surface area (Å²) in [6, 6.07) is 49.7. The Labute approximate surface area is 319 Å². The predicted molar refractivity (Wildman–Crippen MR) is 227 cm³/mol. The molecule has 0 radical (unpaired) electrons. The second kappa shape index (κ2) is 13.4. The van der Waals surface area contributed by atoms with Gasteiger partial charge < -0.3 is 4.57 Å². The number of benzene rings is 6. The van der Waals surface area contributed by atoms with Gasteiger partial charge in [-0.05, 0) is 77.8 Å². The maximum Gasteiger partial charge on any atom is 0.238 e. The van der Waals surface area contributed by atoms with Gasteiger partial charge in [-0.1, -0.05) is 150 Å². The molecule has 268 valence electrons. The quantitative estimate of drug-likeness (QED) is 0.173. The molecular weight excluding hydrogens is 659 g/mol. The Balaban J connectivity index is 1.50. The zero-order valence-electron chi connectivity index (χ0n) is 32.5. The van der Waals surface area contributed by atoms with E-state index in [1.165, 1.54) is 27.5 Å². The monoisotopic (exact) mass is 705 g/mol. The first-order chi connectivity index (χ1) is 25.9. The Morgan fingerprint density at radius 1 is 0.519 bits per heavy atom. The van der Waals surface area contributed by atoms with Crippen LogP contribution in [0.25, 0.3) is 50.3 Å². The Morgan fingerprint density at radius 2 is 1.09 bits per heavy atom. The molecule has 2 heterocycles. The first-order valence-corrected chi connectivity index (χ1v) is 18.8. The van der Waals surface area contributed by atoms with Gasteiger partial charge in [-0.15, -0.1) is 0 Å². The van der Waals surface area contributed by atoms with Gasteiger partial charge in [0.1, 0.15) is 0 Å². The highest BCUT2D eigenvalue weighted by Crippen LogP contribution is 2.46. The lowest BCUT2D eigenvalue weighted by Gasteiger charge is -2.28. The van der Waals surface area contributed by atoms with Crippen molar-refractivity contribution in [3.05, 3.63) is 162 Å². The highest BCUT2D eigenvalue weighted by atomic mass is 15.3. The number of para-hydroxylation sites is 1. The van der Waals surface area contributed by atoms with Crippen LogP contribution >= 0.6 is 0 Å². The van der Waals surface area contributed by atoms with Crippen molar-refractivity contribution in [3.63, 3.8) is 0 Å². The molecule has 0 atom stereocenters. The van der Waals surface area contributed by atoms with Crippen LogP contribution in [0, 0.1) is 13.8 Å². The van der Waals surface area contributed by atoms with Gasteiger partial charge in [0.05, 0.1) is 16.7 Å². The molecule has 5 heteroatoms. The summed E-state index contributed by atoms with van der Waals surface area (Å²) in [5.41, 5.74) is 12.0. The van der Waals surface area contributed by atoms with E-state index in [0.29, 0.717) is 17.6 Å². The topological polar surface area (TPSA) is 46.8 Å². The van der Waals surface area contributed by atoms with Crippen LogP contribution in [-0.2, 0) is 10.8 Å². The van der Waals surface area contributed by atoms with Crippen LogP contribution in [0.4, 0.5) is 17.3 Å². The summed E-state index contributed by atoms with van der Waals surface area (Å²) in [5, 5.41) is 2.39. The van der Waals surface area contributed by atoms with E-state index in [4.69, 9.17) is 15.0 Å². The summed E-state index contributed by atoms with van der Waals surface area (Å²) in [6.07, 6.45) is 0. The summed E-state index contributed by atoms with van der Waals surface area (Å²) in [7, 11) is 0. The van der Waals surface area contributed by atoms with Gasteiger partial charge >= 0.3 is 0 Å². The molecule has 0 saturated carbocycles. The minimum absolute atomic E-state index is 0.00393. The lowest BCUT2D eigenvalue weighted by molar-refractivity contribution is 0.590. The SMILES string of the molecule is Cc1ccc(-c2nc(-c3ccccc3)nc(N(c3ccc(C(C)(C)C)cc3)c3c(C)ccc4c5cc(C(C)(C)C)ccc5n(-c5ccccc5)c34)n2)cc1. The third-order valence-corrected chi connectivity index (χ3v) is 10.4. The maximum atomic E-state index is 5.33. The van der Waals surface area contributed by atoms with Crippen molar-refractivity contribution < 1.29 is 0 Å². The lowest BCUT2D eigenvalue weighted by Crippen LogP contribution is -2.18. The molecular formula is C49H47N5. The normalized spacial score (nSPS) is 12.1. The standard InChI is InChI=1S/C49H47N5/c1-32-19-22-35(23-20-32)46-50-45(34-15-11-9-12-16-34)51-47(52-46)54(39-27-24-36(25-28-39)48(3,4)5)43-33(2)21-29-40-41-31-37(49(6,7)8)26-30-42(41)53(44(40)43)38-17-13-10-14-18-38/h9-31H,1-8H3. The molecule has 0 amide bonds. The average molecular weight is 706 g/mol. The molecule has 0 bridgehead atoms. The van der Waals surface area contributed by atoms with Crippen LogP contribution in [0.15, 0.2) is 140 Å². The van der Waals surface area contributed by atoms with E-state index < -0.39 is 0 Å². The second-order valence-corrected chi connectivity index (χ2v) is 16.4. The van der Waals surface area contributed by atoms with E-state index in [-0.39, 0.29) is 10.8 Å². The Morgan fingerprint density at radius 3 is 1.70 bits per heavy atom. The molecule has 0 unspecified atom stereocenters. The van der Waals surface area contributed by atoms with Gasteiger partial charge in [0, 0.05) is 33.3 Å². The smallest absolute Gasteiger partial charge is 0.238 e. The van der Waals surface area contributed by atoms with Crippen molar-refractivity contribution >= 4 is 39.1 Å². The summed E-state index contributed by atoms with van der Waals surface area (Å²) in [5.74, 6) is 1.80. The van der Waals surface area contributed by atoms with Gasteiger partial charge in [-0.2, -0.15) is 9.97 Å². The Hall–Kier alpha value is -6.07. The summed E-state index contributed by atoms with van der Waals surface area (Å²) >= 11 is 0. The number of hydrogen-bond acceptors (Lipinski definition) is 4. The van der Waals surface area contributed by atoms with Gasteiger partial charge in [-0.3, -0.25) is 4.90 Å². The maximum absolute atomic E-state index is 5.33. The Bertz CT molecular complexity index is 2610. The molecule has 8 rings (SSSR count). The van der Waals surface area contributed by atoms with Crippen molar-refractivity contribution in [1.29, 1.82) is 0 Å². The van der Waals surface area contributed by atoms with Crippen molar-refractivity contribution in [1.82, 2.24) is 19.5 Å². The lowest BCUT2D eigenvalue weighted by atomic mass is 9.86. The second-order valence-electron chi connectivity index (χ2n) is 16.4. The van der Waals surface area contributed by atoms with Crippen molar-refractivity contribution in [3.8, 4) is 28.5 Å². The molecule has 6 aromatic carbocycles. The average Bonchev–Trinajstić information content (AvgIpc) is 3.50. The summed E-state index contributed by atoms with van der Waals surface area (Å²) < 4.78 is 2.41. The van der Waals surface area contributed by atoms with E-state index in [2.05, 4.69) is 186 Å². The molecule has 54 heavy (non-hydrogen) atoms. The fourth-order valence-corrected chi connectivity index (χ4v) is 7.25. The molecule has 0 spiro atoms. The van der Waals surface area contributed by atoms with Gasteiger partial charge in [-0.25, -0.2) is 4.98 Å². The fraction of sp³-hybridized carbons (Fsp3) is 0.204. The zero-order chi connectivity index (χ0) is 37.8. The predicted octanol–water partition coefficient (Wildman–Crippen LogP) is 13.0. The van der Waals surface area contributed by atoms with Crippen molar-refractivity contribution in [2.24, 2.45) is 0 Å². The van der Waals surface area contributed by atoms with Crippen LogP contribution in [0.3, 0.4) is 0 Å². The minimum atomic E-state index is -0.00514. The van der Waals surface area contributed by atoms with Crippen molar-refractivity contribution in [2.45, 2.75) is 66.2 Å². The van der Waals surface area contributed by atoms with E-state index in [0.717, 1.165) is 44.8 Å². The number of anilines is 3. The van der Waals surface area contributed by atoms with Crippen LogP contribution in [0.2, 0.25) is 0 Å². The number of aryl methyl sites for hydroxylation is 2. The molecule has 0 aliphatic heterocycles. The van der Waals surface area contributed by atoms with Crippen LogP contribution in [0.1, 0.15) is 63.8 Å². The largest absolute Gasteiger partial charge is 0.307 e. The highest BCUT2D eigenvalue weighted by Gasteiger charge is 2.28. The third kappa shape index (κ3) is 6.45. The zero-order valence-corrected chi connectivity index (χ0v) is 32.5. The molecule has 8 aromatic rings. The molecule has 0 N–H and O–H groups in total. The summed E-state index contributed by atoms with van der Waals surface area (Å²) in [4.78, 5) is 18.0. The highest BCUT2D eigenvalue weighted by molar-refractivity contribution is 6.15. The Kier molecular flexibility index (Phi) is 8.69. The number of hydrogen-bond donors (Lipinski definition) is 0. The van der Waals surface area contributed by atoms with Gasteiger partial charge in [0.25, 0.3) is 0 Å². The summed E-state index contributed by atoms with van der Waals surface area (Å²) in [6.45, 7) is 17.9. The number of fused-ring (bicyclic) bond motifs is 3. The van der Waals surface area contributed by atoms with Gasteiger partial charge in [0.2, 0.25) is 5.95 Å². The molecule has 0 fully saturated rings. The number of aromatic nitrogens is 4. The molecule has 0 aliphatic carbocycles. The first kappa shape index (κ1) is 35.0. The first-order valence-electron chi connectivity index (χ1n) is 18.8. The number of rotatable bonds is 6. The fourth-order valence-electron chi connectivity index (χ4n) is 7.25. The van der Waals surface area contributed by atoms with Crippen LogP contribution in [-0.4, -0.2) is 19.5 Å². The van der Waals surface area contributed by atoms with E-state index in [1.807, 2.05) is 18.2 Å². The molecule has 0 aliphatic rings. The number of nitrogens with zero attached hydrogens (tertiary/aromatic N) is 5. The van der Waals surface area contributed by atoms with E-state index in [9.17, 15) is 0 Å². The van der Waals surface area contributed by atoms with Crippen molar-refractivity contribution in [2.75, 3.05) is 4.90 Å². The van der Waals surface area contributed by atoms with E-state index >= 15 is 0 Å². The van der Waals surface area contributed by atoms with Gasteiger partial charge in [0.15, 0.2) is 11.6 Å². The van der Waals surface area contributed by atoms with Crippen LogP contribution in [0.5, 0.6) is 0 Å². The van der Waals surface area contributed by atoms with Crippen LogP contribution < -0.4 is 4.90 Å². The van der Waals surface area contributed by atoms with E-state index in [1.54, 1.807) is 0 Å².